The summed E-state index contributed by atoms with van der Waals surface area (Å²) in [6, 6.07) is 8.29. The SMILES string of the molecule is Cc1ccccc1-c1noc(C2NCCC2C)n1. The molecule has 0 aliphatic carbocycles. The van der Waals surface area contributed by atoms with E-state index >= 15 is 0 Å². The molecule has 2 atom stereocenters. The molecule has 0 radical (unpaired) electrons. The van der Waals surface area contributed by atoms with Gasteiger partial charge in [0.1, 0.15) is 0 Å². The highest BCUT2D eigenvalue weighted by molar-refractivity contribution is 5.58. The quantitative estimate of drug-likeness (QED) is 0.881. The first kappa shape index (κ1) is 11.4. The molecule has 2 aromatic rings. The molecular formula is C14H17N3O. The molecule has 1 N–H and O–H groups in total. The maximum Gasteiger partial charge on any atom is 0.244 e. The summed E-state index contributed by atoms with van der Waals surface area (Å²) in [5.41, 5.74) is 2.20. The van der Waals surface area contributed by atoms with Gasteiger partial charge in [0, 0.05) is 5.56 Å². The van der Waals surface area contributed by atoms with Crippen molar-refractivity contribution in [1.29, 1.82) is 0 Å². The van der Waals surface area contributed by atoms with E-state index in [1.54, 1.807) is 0 Å². The monoisotopic (exact) mass is 243 g/mol. The van der Waals surface area contributed by atoms with Crippen molar-refractivity contribution < 1.29 is 4.52 Å². The first-order valence-corrected chi connectivity index (χ1v) is 6.38. The van der Waals surface area contributed by atoms with Gasteiger partial charge in [-0.15, -0.1) is 0 Å². The van der Waals surface area contributed by atoms with Gasteiger partial charge in [0.25, 0.3) is 0 Å². The zero-order valence-corrected chi connectivity index (χ0v) is 10.7. The second kappa shape index (κ2) is 4.53. The summed E-state index contributed by atoms with van der Waals surface area (Å²) in [5, 5.41) is 7.51. The summed E-state index contributed by atoms with van der Waals surface area (Å²) >= 11 is 0. The summed E-state index contributed by atoms with van der Waals surface area (Å²) < 4.78 is 5.40. The number of nitrogens with one attached hydrogen (secondary N) is 1. The fourth-order valence-corrected chi connectivity index (χ4v) is 2.46. The van der Waals surface area contributed by atoms with Crippen molar-refractivity contribution in [2.45, 2.75) is 26.3 Å². The zero-order chi connectivity index (χ0) is 12.5. The largest absolute Gasteiger partial charge is 0.337 e. The predicted molar refractivity (Wildman–Crippen MR) is 69.0 cm³/mol. The number of hydrogen-bond acceptors (Lipinski definition) is 4. The number of rotatable bonds is 2. The molecule has 1 aromatic carbocycles. The van der Waals surface area contributed by atoms with E-state index < -0.39 is 0 Å². The molecule has 1 aromatic heterocycles. The molecule has 1 saturated heterocycles. The van der Waals surface area contributed by atoms with Gasteiger partial charge in [-0.25, -0.2) is 0 Å². The summed E-state index contributed by atoms with van der Waals surface area (Å²) in [5.74, 6) is 1.94. The minimum Gasteiger partial charge on any atom is -0.337 e. The number of aryl methyl sites for hydroxylation is 1. The predicted octanol–water partition coefficient (Wildman–Crippen LogP) is 2.72. The van der Waals surface area contributed by atoms with Gasteiger partial charge in [-0.1, -0.05) is 36.3 Å². The number of benzene rings is 1. The molecule has 4 nitrogen and oxygen atoms in total. The van der Waals surface area contributed by atoms with E-state index in [1.807, 2.05) is 18.2 Å². The smallest absolute Gasteiger partial charge is 0.244 e. The van der Waals surface area contributed by atoms with Crippen molar-refractivity contribution in [2.75, 3.05) is 6.54 Å². The third-order valence-corrected chi connectivity index (χ3v) is 3.63. The van der Waals surface area contributed by atoms with Gasteiger partial charge in [0.15, 0.2) is 0 Å². The first-order chi connectivity index (χ1) is 8.75. The van der Waals surface area contributed by atoms with E-state index in [0.717, 1.165) is 24.1 Å². The van der Waals surface area contributed by atoms with Crippen LogP contribution in [0.4, 0.5) is 0 Å². The van der Waals surface area contributed by atoms with Crippen LogP contribution in [-0.4, -0.2) is 16.7 Å². The summed E-state index contributed by atoms with van der Waals surface area (Å²) in [6.45, 7) is 5.29. The van der Waals surface area contributed by atoms with Gasteiger partial charge in [0.05, 0.1) is 6.04 Å². The lowest BCUT2D eigenvalue weighted by atomic mass is 10.0. The first-order valence-electron chi connectivity index (χ1n) is 6.38. The van der Waals surface area contributed by atoms with Gasteiger partial charge in [-0.05, 0) is 31.4 Å². The van der Waals surface area contributed by atoms with Gasteiger partial charge in [0.2, 0.25) is 11.7 Å². The highest BCUT2D eigenvalue weighted by atomic mass is 16.5. The Labute approximate surface area is 106 Å². The van der Waals surface area contributed by atoms with Crippen molar-refractivity contribution in [1.82, 2.24) is 15.5 Å². The molecule has 1 aliphatic rings. The van der Waals surface area contributed by atoms with Crippen LogP contribution < -0.4 is 5.32 Å². The topological polar surface area (TPSA) is 51.0 Å². The van der Waals surface area contributed by atoms with E-state index in [1.165, 1.54) is 0 Å². The lowest BCUT2D eigenvalue weighted by molar-refractivity contribution is 0.319. The Morgan fingerprint density at radius 3 is 2.89 bits per heavy atom. The minimum atomic E-state index is 0.204. The number of hydrogen-bond donors (Lipinski definition) is 1. The maximum absolute atomic E-state index is 5.40. The van der Waals surface area contributed by atoms with Crippen LogP contribution in [0.25, 0.3) is 11.4 Å². The van der Waals surface area contributed by atoms with Crippen LogP contribution in [-0.2, 0) is 0 Å². The van der Waals surface area contributed by atoms with Crippen LogP contribution >= 0.6 is 0 Å². The fraction of sp³-hybridized carbons (Fsp3) is 0.429. The van der Waals surface area contributed by atoms with Crippen molar-refractivity contribution in [3.05, 3.63) is 35.7 Å². The van der Waals surface area contributed by atoms with Crippen LogP contribution in [0.3, 0.4) is 0 Å². The zero-order valence-electron chi connectivity index (χ0n) is 10.7. The lowest BCUT2D eigenvalue weighted by Crippen LogP contribution is -2.16. The Kier molecular flexibility index (Phi) is 2.88. The van der Waals surface area contributed by atoms with E-state index in [9.17, 15) is 0 Å². The Balaban J connectivity index is 1.92. The lowest BCUT2D eigenvalue weighted by Gasteiger charge is -2.09. The van der Waals surface area contributed by atoms with E-state index in [4.69, 9.17) is 4.52 Å². The van der Waals surface area contributed by atoms with Crippen molar-refractivity contribution >= 4 is 0 Å². The molecular weight excluding hydrogens is 226 g/mol. The Bertz CT molecular complexity index is 549. The Morgan fingerprint density at radius 2 is 2.17 bits per heavy atom. The second-order valence-corrected chi connectivity index (χ2v) is 4.97. The summed E-state index contributed by atoms with van der Waals surface area (Å²) in [4.78, 5) is 4.53. The standard InChI is InChI=1S/C14H17N3O/c1-9-5-3-4-6-11(9)13-16-14(18-17-13)12-10(2)7-8-15-12/h3-6,10,12,15H,7-8H2,1-2H3. The van der Waals surface area contributed by atoms with Crippen LogP contribution in [0.5, 0.6) is 0 Å². The molecule has 2 unspecified atom stereocenters. The number of aromatic nitrogens is 2. The molecule has 0 saturated carbocycles. The fourth-order valence-electron chi connectivity index (χ4n) is 2.46. The molecule has 0 amide bonds. The molecule has 1 aliphatic heterocycles. The molecule has 4 heteroatoms. The third kappa shape index (κ3) is 1.93. The molecule has 0 spiro atoms. The molecule has 3 rings (SSSR count). The highest BCUT2D eigenvalue weighted by Crippen LogP contribution is 2.29. The van der Waals surface area contributed by atoms with Crippen molar-refractivity contribution in [3.8, 4) is 11.4 Å². The third-order valence-electron chi connectivity index (χ3n) is 3.63. The van der Waals surface area contributed by atoms with Crippen LogP contribution in [0, 0.1) is 12.8 Å². The number of nitrogens with zero attached hydrogens (tertiary/aromatic N) is 2. The Hall–Kier alpha value is -1.68. The average Bonchev–Trinajstić information content (AvgIpc) is 2.98. The summed E-state index contributed by atoms with van der Waals surface area (Å²) in [7, 11) is 0. The summed E-state index contributed by atoms with van der Waals surface area (Å²) in [6.07, 6.45) is 1.16. The van der Waals surface area contributed by atoms with E-state index in [-0.39, 0.29) is 6.04 Å². The molecule has 18 heavy (non-hydrogen) atoms. The van der Waals surface area contributed by atoms with Gasteiger partial charge >= 0.3 is 0 Å². The van der Waals surface area contributed by atoms with Crippen LogP contribution in [0.1, 0.15) is 30.8 Å². The van der Waals surface area contributed by atoms with Crippen molar-refractivity contribution in [2.24, 2.45) is 5.92 Å². The second-order valence-electron chi connectivity index (χ2n) is 4.97. The highest BCUT2D eigenvalue weighted by Gasteiger charge is 2.29. The normalized spacial score (nSPS) is 23.4. The van der Waals surface area contributed by atoms with Crippen LogP contribution in [0.2, 0.25) is 0 Å². The van der Waals surface area contributed by atoms with Gasteiger partial charge < -0.3 is 9.84 Å². The minimum absolute atomic E-state index is 0.204. The molecule has 2 heterocycles. The van der Waals surface area contributed by atoms with E-state index in [0.29, 0.717) is 17.6 Å². The van der Waals surface area contributed by atoms with Crippen LogP contribution in [0.15, 0.2) is 28.8 Å². The van der Waals surface area contributed by atoms with E-state index in [2.05, 4.69) is 35.4 Å². The van der Waals surface area contributed by atoms with Gasteiger partial charge in [-0.3, -0.25) is 0 Å². The Morgan fingerprint density at radius 1 is 1.33 bits per heavy atom. The van der Waals surface area contributed by atoms with Crippen molar-refractivity contribution in [3.63, 3.8) is 0 Å². The molecule has 0 bridgehead atoms. The molecule has 1 fully saturated rings. The van der Waals surface area contributed by atoms with Gasteiger partial charge in [-0.2, -0.15) is 4.98 Å². The molecule has 94 valence electrons. The average molecular weight is 243 g/mol. The maximum atomic E-state index is 5.40.